The number of carbonyl (C=O) groups excluding carboxylic acids is 1. The number of amides is 1. The molecule has 0 fully saturated rings. The highest BCUT2D eigenvalue weighted by atomic mass is 16.2. The lowest BCUT2D eigenvalue weighted by Gasteiger charge is -2.13. The van der Waals surface area contributed by atoms with Gasteiger partial charge < -0.3 is 4.57 Å². The first-order valence-electron chi connectivity index (χ1n) is 9.58. The van der Waals surface area contributed by atoms with E-state index < -0.39 is 0 Å². The van der Waals surface area contributed by atoms with E-state index in [9.17, 15) is 4.79 Å². The third-order valence-electron chi connectivity index (χ3n) is 4.94. The molecule has 0 spiro atoms. The second kappa shape index (κ2) is 8.70. The van der Waals surface area contributed by atoms with Crippen molar-refractivity contribution < 1.29 is 4.79 Å². The summed E-state index contributed by atoms with van der Waals surface area (Å²) in [4.78, 5) is 12.0. The number of benzene rings is 2. The second-order valence-electron chi connectivity index (χ2n) is 7.23. The molecule has 0 aliphatic rings. The molecule has 4 heteroatoms. The molecule has 3 aromatic rings. The van der Waals surface area contributed by atoms with Crippen molar-refractivity contribution >= 4 is 12.1 Å². The van der Waals surface area contributed by atoms with Gasteiger partial charge >= 0.3 is 0 Å². The van der Waals surface area contributed by atoms with Gasteiger partial charge in [-0.15, -0.1) is 0 Å². The van der Waals surface area contributed by atoms with Crippen molar-refractivity contribution in [2.75, 3.05) is 0 Å². The average Bonchev–Trinajstić information content (AvgIpc) is 2.95. The molecule has 144 valence electrons. The lowest BCUT2D eigenvalue weighted by Crippen LogP contribution is -2.17. The molecule has 4 nitrogen and oxygen atoms in total. The van der Waals surface area contributed by atoms with Gasteiger partial charge in [0.1, 0.15) is 0 Å². The quantitative estimate of drug-likeness (QED) is 0.490. The number of aromatic nitrogens is 1. The number of aryl methyl sites for hydroxylation is 4. The standard InChI is InChI=1S/C24H27N3O/c1-17-10-12-23(18(2)14-17)27-19(3)15-22(20(27)4)16-25-26-24(28)13-11-21-8-6-5-7-9-21/h5-10,12,14-16H,11,13H2,1-4H3,(H,26,28)/b25-16-. The molecule has 0 saturated carbocycles. The van der Waals surface area contributed by atoms with Gasteiger partial charge in [0.2, 0.25) is 5.91 Å². The van der Waals surface area contributed by atoms with Crippen molar-refractivity contribution in [3.8, 4) is 5.69 Å². The van der Waals surface area contributed by atoms with E-state index in [0.29, 0.717) is 12.8 Å². The monoisotopic (exact) mass is 373 g/mol. The van der Waals surface area contributed by atoms with Gasteiger partial charge in [-0.05, 0) is 57.4 Å². The topological polar surface area (TPSA) is 46.4 Å². The van der Waals surface area contributed by atoms with E-state index >= 15 is 0 Å². The molecule has 0 aliphatic carbocycles. The zero-order valence-electron chi connectivity index (χ0n) is 17.0. The molecule has 0 saturated heterocycles. The number of hydrazone groups is 1. The second-order valence-corrected chi connectivity index (χ2v) is 7.23. The average molecular weight is 374 g/mol. The van der Waals surface area contributed by atoms with Crippen LogP contribution in [0.15, 0.2) is 59.7 Å². The molecule has 1 N–H and O–H groups in total. The third kappa shape index (κ3) is 4.58. The van der Waals surface area contributed by atoms with Crippen molar-refractivity contribution in [2.45, 2.75) is 40.5 Å². The van der Waals surface area contributed by atoms with Gasteiger partial charge in [0.05, 0.1) is 6.21 Å². The number of hydrogen-bond donors (Lipinski definition) is 1. The Morgan fingerprint density at radius 3 is 2.50 bits per heavy atom. The fourth-order valence-corrected chi connectivity index (χ4v) is 3.48. The van der Waals surface area contributed by atoms with Gasteiger partial charge in [-0.25, -0.2) is 5.43 Å². The SMILES string of the molecule is Cc1ccc(-n2c(C)cc(/C=N\NC(=O)CCc3ccccc3)c2C)c(C)c1. The Morgan fingerprint density at radius 1 is 1.04 bits per heavy atom. The highest BCUT2D eigenvalue weighted by Crippen LogP contribution is 2.23. The summed E-state index contributed by atoms with van der Waals surface area (Å²) in [5.74, 6) is -0.0803. The van der Waals surface area contributed by atoms with Gasteiger partial charge in [0.15, 0.2) is 0 Å². The van der Waals surface area contributed by atoms with Crippen LogP contribution in [0, 0.1) is 27.7 Å². The maximum atomic E-state index is 12.0. The highest BCUT2D eigenvalue weighted by Gasteiger charge is 2.11. The summed E-state index contributed by atoms with van der Waals surface area (Å²) < 4.78 is 2.23. The van der Waals surface area contributed by atoms with E-state index in [1.54, 1.807) is 6.21 Å². The molecule has 1 aromatic heterocycles. The number of hydrogen-bond acceptors (Lipinski definition) is 2. The van der Waals surface area contributed by atoms with E-state index in [1.807, 2.05) is 30.3 Å². The van der Waals surface area contributed by atoms with Crippen molar-refractivity contribution in [2.24, 2.45) is 5.10 Å². The number of nitrogens with one attached hydrogen (secondary N) is 1. The molecule has 1 amide bonds. The molecule has 0 atom stereocenters. The predicted octanol–water partition coefficient (Wildman–Crippen LogP) is 4.79. The van der Waals surface area contributed by atoms with Crippen LogP contribution in [0.3, 0.4) is 0 Å². The summed E-state index contributed by atoms with van der Waals surface area (Å²) in [6, 6.07) is 18.6. The molecule has 1 heterocycles. The fourth-order valence-electron chi connectivity index (χ4n) is 3.48. The number of nitrogens with zero attached hydrogens (tertiary/aromatic N) is 2. The largest absolute Gasteiger partial charge is 0.318 e. The molecule has 3 rings (SSSR count). The van der Waals surface area contributed by atoms with Crippen LogP contribution in [0.4, 0.5) is 0 Å². The summed E-state index contributed by atoms with van der Waals surface area (Å²) in [5, 5.41) is 4.16. The minimum absolute atomic E-state index is 0.0803. The highest BCUT2D eigenvalue weighted by molar-refractivity contribution is 5.84. The summed E-state index contributed by atoms with van der Waals surface area (Å²) in [6.45, 7) is 8.39. The van der Waals surface area contributed by atoms with Gasteiger partial charge in [-0.1, -0.05) is 48.0 Å². The van der Waals surface area contributed by atoms with Crippen molar-refractivity contribution in [3.63, 3.8) is 0 Å². The Morgan fingerprint density at radius 2 is 1.79 bits per heavy atom. The molecule has 2 aromatic carbocycles. The summed E-state index contributed by atoms with van der Waals surface area (Å²) in [7, 11) is 0. The zero-order valence-corrected chi connectivity index (χ0v) is 17.0. The first-order chi connectivity index (χ1) is 13.5. The fraction of sp³-hybridized carbons (Fsp3) is 0.250. The molecule has 0 radical (unpaired) electrons. The Balaban J connectivity index is 1.67. The van der Waals surface area contributed by atoms with Gasteiger partial charge in [-0.3, -0.25) is 4.79 Å². The summed E-state index contributed by atoms with van der Waals surface area (Å²) in [6.07, 6.45) is 2.86. The van der Waals surface area contributed by atoms with Gasteiger partial charge in [0, 0.05) is 29.1 Å². The van der Waals surface area contributed by atoms with Crippen LogP contribution in [0.5, 0.6) is 0 Å². The van der Waals surface area contributed by atoms with Crippen LogP contribution >= 0.6 is 0 Å². The van der Waals surface area contributed by atoms with Crippen LogP contribution < -0.4 is 5.43 Å². The maximum Gasteiger partial charge on any atom is 0.240 e. The van der Waals surface area contributed by atoms with Gasteiger partial charge in [0.25, 0.3) is 0 Å². The van der Waals surface area contributed by atoms with Crippen LogP contribution in [0.25, 0.3) is 5.69 Å². The molecule has 0 bridgehead atoms. The van der Waals surface area contributed by atoms with Crippen LogP contribution in [-0.2, 0) is 11.2 Å². The van der Waals surface area contributed by atoms with E-state index in [4.69, 9.17) is 0 Å². The summed E-state index contributed by atoms with van der Waals surface area (Å²) in [5.41, 5.74) is 10.7. The Kier molecular flexibility index (Phi) is 6.09. The Labute approximate surface area is 166 Å². The van der Waals surface area contributed by atoms with Crippen LogP contribution in [0.2, 0.25) is 0 Å². The smallest absolute Gasteiger partial charge is 0.240 e. The van der Waals surface area contributed by atoms with E-state index in [2.05, 4.69) is 67.1 Å². The van der Waals surface area contributed by atoms with E-state index in [-0.39, 0.29) is 5.91 Å². The molecule has 0 unspecified atom stereocenters. The van der Waals surface area contributed by atoms with Crippen LogP contribution in [0.1, 0.15) is 40.1 Å². The van der Waals surface area contributed by atoms with E-state index in [1.165, 1.54) is 16.8 Å². The lowest BCUT2D eigenvalue weighted by molar-refractivity contribution is -0.121. The third-order valence-corrected chi connectivity index (χ3v) is 4.94. The lowest BCUT2D eigenvalue weighted by atomic mass is 10.1. The summed E-state index contributed by atoms with van der Waals surface area (Å²) >= 11 is 0. The number of carbonyl (C=O) groups is 1. The molecule has 28 heavy (non-hydrogen) atoms. The first kappa shape index (κ1) is 19.6. The Bertz CT molecular complexity index is 1000. The first-order valence-corrected chi connectivity index (χ1v) is 9.58. The van der Waals surface area contributed by atoms with Gasteiger partial charge in [-0.2, -0.15) is 5.10 Å². The van der Waals surface area contributed by atoms with Crippen LogP contribution in [-0.4, -0.2) is 16.7 Å². The van der Waals surface area contributed by atoms with Crippen molar-refractivity contribution in [1.29, 1.82) is 0 Å². The Hall–Kier alpha value is -3.14. The number of rotatable bonds is 6. The molecular weight excluding hydrogens is 346 g/mol. The molecular formula is C24H27N3O. The van der Waals surface area contributed by atoms with Crippen molar-refractivity contribution in [3.05, 3.63) is 88.2 Å². The molecule has 0 aliphatic heterocycles. The predicted molar refractivity (Wildman–Crippen MR) is 115 cm³/mol. The zero-order chi connectivity index (χ0) is 20.1. The van der Waals surface area contributed by atoms with E-state index in [0.717, 1.165) is 22.5 Å². The minimum atomic E-state index is -0.0803. The maximum absolute atomic E-state index is 12.0. The normalized spacial score (nSPS) is 11.1. The van der Waals surface area contributed by atoms with Crippen molar-refractivity contribution in [1.82, 2.24) is 9.99 Å². The minimum Gasteiger partial charge on any atom is -0.318 e.